The van der Waals surface area contributed by atoms with Crippen molar-refractivity contribution in [3.63, 3.8) is 0 Å². The number of likely N-dealkylation sites (tertiary alicyclic amines) is 1. The second-order valence-electron chi connectivity index (χ2n) is 7.20. The zero-order valence-corrected chi connectivity index (χ0v) is 15.3. The van der Waals surface area contributed by atoms with E-state index < -0.39 is 5.97 Å². The van der Waals surface area contributed by atoms with Crippen molar-refractivity contribution in [1.82, 2.24) is 10.2 Å². The molecule has 2 aliphatic rings. The first kappa shape index (κ1) is 18.6. The van der Waals surface area contributed by atoms with E-state index in [0.29, 0.717) is 6.04 Å². The van der Waals surface area contributed by atoms with E-state index in [2.05, 4.69) is 17.1 Å². The van der Waals surface area contributed by atoms with E-state index in [0.717, 1.165) is 50.8 Å². The molecule has 1 aromatic rings. The summed E-state index contributed by atoms with van der Waals surface area (Å²) in [4.78, 5) is 13.5. The van der Waals surface area contributed by atoms with E-state index in [1.165, 1.54) is 0 Å². The topological polar surface area (TPSA) is 52.6 Å². The summed E-state index contributed by atoms with van der Waals surface area (Å²) >= 11 is 5.84. The molecule has 1 aromatic carbocycles. The van der Waals surface area contributed by atoms with Gasteiger partial charge in [-0.2, -0.15) is 0 Å². The van der Waals surface area contributed by atoms with Gasteiger partial charge in [0.05, 0.1) is 17.0 Å². The van der Waals surface area contributed by atoms with Gasteiger partial charge in [-0.05, 0) is 56.3 Å². The molecule has 1 aliphatic heterocycles. The van der Waals surface area contributed by atoms with Crippen LogP contribution in [-0.2, 0) is 4.79 Å². The first-order valence-corrected chi connectivity index (χ1v) is 9.55. The lowest BCUT2D eigenvalue weighted by Gasteiger charge is -2.33. The smallest absolute Gasteiger partial charge is 0.306 e. The molecule has 6 heteroatoms. The van der Waals surface area contributed by atoms with Crippen molar-refractivity contribution in [2.24, 2.45) is 5.92 Å². The van der Waals surface area contributed by atoms with Gasteiger partial charge in [-0.25, -0.2) is 4.39 Å². The van der Waals surface area contributed by atoms with Crippen LogP contribution >= 0.6 is 11.6 Å². The highest BCUT2D eigenvalue weighted by atomic mass is 35.5. The molecule has 2 atom stereocenters. The lowest BCUT2D eigenvalue weighted by Crippen LogP contribution is -2.44. The minimum atomic E-state index is -0.675. The van der Waals surface area contributed by atoms with E-state index in [1.807, 2.05) is 6.07 Å². The molecule has 0 aromatic heterocycles. The van der Waals surface area contributed by atoms with E-state index in [4.69, 9.17) is 16.7 Å². The number of nitrogens with zero attached hydrogens (tertiary/aromatic N) is 1. The van der Waals surface area contributed by atoms with Crippen LogP contribution in [0, 0.1) is 11.7 Å². The second kappa shape index (κ2) is 8.02. The van der Waals surface area contributed by atoms with Gasteiger partial charge in [0.1, 0.15) is 5.82 Å². The van der Waals surface area contributed by atoms with Crippen molar-refractivity contribution in [3.05, 3.63) is 34.6 Å². The maximum Gasteiger partial charge on any atom is 0.306 e. The molecule has 138 valence electrons. The highest BCUT2D eigenvalue weighted by Gasteiger charge is 2.36. The van der Waals surface area contributed by atoms with Crippen LogP contribution in [0.15, 0.2) is 18.2 Å². The minimum Gasteiger partial charge on any atom is -0.481 e. The fourth-order valence-corrected chi connectivity index (χ4v) is 4.45. The molecule has 2 unspecified atom stereocenters. The number of carboxylic acid groups (broad SMARTS) is 1. The molecule has 2 N–H and O–H groups in total. The number of aliphatic carboxylic acids is 1. The van der Waals surface area contributed by atoms with Crippen LogP contribution in [0.5, 0.6) is 0 Å². The predicted molar refractivity (Wildman–Crippen MR) is 96.3 cm³/mol. The highest BCUT2D eigenvalue weighted by molar-refractivity contribution is 6.30. The average molecular weight is 369 g/mol. The lowest BCUT2D eigenvalue weighted by molar-refractivity contribution is -0.142. The standard InChI is InChI=1S/C19H26ClFN2O2/c1-2-23-10-9-17(18(23)13-5-8-15(20)16(21)11-13)22-14-6-3-12(4-7-14)19(24)25/h5,8,11-12,14,17-18,22H,2-4,6-7,9-10H2,1H3,(H,24,25). The van der Waals surface area contributed by atoms with Gasteiger partial charge >= 0.3 is 5.97 Å². The third-order valence-electron chi connectivity index (χ3n) is 5.72. The van der Waals surface area contributed by atoms with Crippen LogP contribution in [0.2, 0.25) is 5.02 Å². The van der Waals surface area contributed by atoms with Crippen LogP contribution in [0.3, 0.4) is 0 Å². The first-order chi connectivity index (χ1) is 12.0. The number of rotatable bonds is 5. The third-order valence-corrected chi connectivity index (χ3v) is 6.03. The molecular weight excluding hydrogens is 343 g/mol. The molecule has 25 heavy (non-hydrogen) atoms. The van der Waals surface area contributed by atoms with E-state index in [9.17, 15) is 9.18 Å². The Morgan fingerprint density at radius 3 is 2.64 bits per heavy atom. The summed E-state index contributed by atoms with van der Waals surface area (Å²) in [6.45, 7) is 4.02. The molecule has 0 spiro atoms. The molecule has 0 amide bonds. The van der Waals surface area contributed by atoms with Gasteiger partial charge in [0.15, 0.2) is 0 Å². The van der Waals surface area contributed by atoms with Gasteiger partial charge in [-0.15, -0.1) is 0 Å². The molecular formula is C19H26ClFN2O2. The summed E-state index contributed by atoms with van der Waals surface area (Å²) in [5.74, 6) is -1.25. The van der Waals surface area contributed by atoms with Crippen molar-refractivity contribution in [2.45, 2.75) is 57.2 Å². The summed E-state index contributed by atoms with van der Waals surface area (Å²) in [5.41, 5.74) is 0.956. The molecule has 1 heterocycles. The Bertz CT molecular complexity index is 619. The average Bonchev–Trinajstić information content (AvgIpc) is 3.00. The summed E-state index contributed by atoms with van der Waals surface area (Å²) in [7, 11) is 0. The minimum absolute atomic E-state index is 0.133. The lowest BCUT2D eigenvalue weighted by atomic mass is 9.85. The quantitative estimate of drug-likeness (QED) is 0.829. The van der Waals surface area contributed by atoms with Crippen molar-refractivity contribution in [2.75, 3.05) is 13.1 Å². The Kier molecular flexibility index (Phi) is 5.97. The van der Waals surface area contributed by atoms with Crippen LogP contribution < -0.4 is 5.32 Å². The summed E-state index contributed by atoms with van der Waals surface area (Å²) < 4.78 is 13.9. The maximum atomic E-state index is 13.9. The van der Waals surface area contributed by atoms with Crippen LogP contribution in [-0.4, -0.2) is 41.1 Å². The van der Waals surface area contributed by atoms with Gasteiger partial charge in [0.2, 0.25) is 0 Å². The number of carbonyl (C=O) groups is 1. The Hall–Kier alpha value is -1.17. The molecule has 3 rings (SSSR count). The van der Waals surface area contributed by atoms with Crippen molar-refractivity contribution in [3.8, 4) is 0 Å². The van der Waals surface area contributed by atoms with Crippen LogP contribution in [0.1, 0.15) is 50.6 Å². The number of likely N-dealkylation sites (N-methyl/N-ethyl adjacent to an activating group) is 1. The second-order valence-corrected chi connectivity index (χ2v) is 7.60. The number of hydrogen-bond acceptors (Lipinski definition) is 3. The van der Waals surface area contributed by atoms with E-state index in [1.54, 1.807) is 12.1 Å². The highest BCUT2D eigenvalue weighted by Crippen LogP contribution is 2.35. The summed E-state index contributed by atoms with van der Waals surface area (Å²) in [5, 5.41) is 13.0. The molecule has 1 saturated carbocycles. The van der Waals surface area contributed by atoms with Gasteiger partial charge in [-0.1, -0.05) is 24.6 Å². The predicted octanol–water partition coefficient (Wildman–Crippen LogP) is 3.85. The SMILES string of the molecule is CCN1CCC(NC2CCC(C(=O)O)CC2)C1c1ccc(Cl)c(F)c1. The van der Waals surface area contributed by atoms with Gasteiger partial charge in [-0.3, -0.25) is 9.69 Å². The first-order valence-electron chi connectivity index (χ1n) is 9.17. The number of carboxylic acids is 1. The molecule has 0 radical (unpaired) electrons. The van der Waals surface area contributed by atoms with Crippen molar-refractivity contribution < 1.29 is 14.3 Å². The van der Waals surface area contributed by atoms with E-state index >= 15 is 0 Å². The van der Waals surface area contributed by atoms with Gasteiger partial charge < -0.3 is 10.4 Å². The number of halogens is 2. The van der Waals surface area contributed by atoms with E-state index in [-0.39, 0.29) is 28.8 Å². The van der Waals surface area contributed by atoms with Crippen molar-refractivity contribution >= 4 is 17.6 Å². The normalized spacial score (nSPS) is 30.5. The Balaban J connectivity index is 1.69. The molecule has 1 saturated heterocycles. The summed E-state index contributed by atoms with van der Waals surface area (Å²) in [6, 6.07) is 5.84. The zero-order chi connectivity index (χ0) is 18.0. The fraction of sp³-hybridized carbons (Fsp3) is 0.632. The van der Waals surface area contributed by atoms with Crippen LogP contribution in [0.25, 0.3) is 0 Å². The Morgan fingerprint density at radius 2 is 2.04 bits per heavy atom. The zero-order valence-electron chi connectivity index (χ0n) is 14.5. The van der Waals surface area contributed by atoms with Gasteiger partial charge in [0, 0.05) is 18.6 Å². The Labute approximate surface area is 153 Å². The monoisotopic (exact) mass is 368 g/mol. The van der Waals surface area contributed by atoms with Crippen molar-refractivity contribution in [1.29, 1.82) is 0 Å². The third kappa shape index (κ3) is 4.15. The molecule has 2 fully saturated rings. The largest absolute Gasteiger partial charge is 0.481 e. The summed E-state index contributed by atoms with van der Waals surface area (Å²) in [6.07, 6.45) is 4.26. The number of nitrogens with one attached hydrogen (secondary N) is 1. The van der Waals surface area contributed by atoms with Crippen LogP contribution in [0.4, 0.5) is 4.39 Å². The number of benzene rings is 1. The number of hydrogen-bond donors (Lipinski definition) is 2. The molecule has 4 nitrogen and oxygen atoms in total. The Morgan fingerprint density at radius 1 is 1.32 bits per heavy atom. The van der Waals surface area contributed by atoms with Gasteiger partial charge in [0.25, 0.3) is 0 Å². The fourth-order valence-electron chi connectivity index (χ4n) is 4.33. The maximum absolute atomic E-state index is 13.9. The molecule has 1 aliphatic carbocycles. The molecule has 0 bridgehead atoms.